The van der Waals surface area contributed by atoms with Crippen LogP contribution in [0.3, 0.4) is 0 Å². The molecular formula is C17H31N3O. The second-order valence-corrected chi connectivity index (χ2v) is 7.67. The summed E-state index contributed by atoms with van der Waals surface area (Å²) in [6, 6.07) is 1.76. The monoisotopic (exact) mass is 293 g/mol. The highest BCUT2D eigenvalue weighted by Crippen LogP contribution is 2.28. The van der Waals surface area contributed by atoms with E-state index in [1.54, 1.807) is 0 Å². The van der Waals surface area contributed by atoms with Gasteiger partial charge >= 0.3 is 0 Å². The van der Waals surface area contributed by atoms with Gasteiger partial charge < -0.3 is 4.90 Å². The molecule has 2 heterocycles. The number of carbonyl (C=O) groups excluding carboxylic acids is 1. The van der Waals surface area contributed by atoms with E-state index in [1.165, 1.54) is 25.7 Å². The molecule has 1 amide bonds. The summed E-state index contributed by atoms with van der Waals surface area (Å²) >= 11 is 0. The van der Waals surface area contributed by atoms with Crippen molar-refractivity contribution in [2.24, 2.45) is 5.92 Å². The van der Waals surface area contributed by atoms with E-state index in [0.717, 1.165) is 32.1 Å². The molecule has 4 heteroatoms. The summed E-state index contributed by atoms with van der Waals surface area (Å²) in [5.41, 5.74) is 0. The molecular weight excluding hydrogens is 262 g/mol. The van der Waals surface area contributed by atoms with E-state index < -0.39 is 0 Å². The Hall–Kier alpha value is -0.610. The van der Waals surface area contributed by atoms with Crippen LogP contribution < -0.4 is 0 Å². The smallest absolute Gasteiger partial charge is 0.237 e. The van der Waals surface area contributed by atoms with Crippen molar-refractivity contribution in [2.75, 3.05) is 32.7 Å². The molecule has 0 unspecified atom stereocenters. The lowest BCUT2D eigenvalue weighted by Crippen LogP contribution is -2.66. The largest absolute Gasteiger partial charge is 0.335 e. The van der Waals surface area contributed by atoms with Crippen molar-refractivity contribution in [3.8, 4) is 0 Å². The van der Waals surface area contributed by atoms with Crippen LogP contribution in [0, 0.1) is 5.92 Å². The lowest BCUT2D eigenvalue weighted by Gasteiger charge is -2.50. The molecule has 1 aliphatic carbocycles. The predicted octanol–water partition coefficient (Wildman–Crippen LogP) is 1.80. The number of hydrogen-bond donors (Lipinski definition) is 0. The van der Waals surface area contributed by atoms with Gasteiger partial charge in [0.05, 0.1) is 12.6 Å². The van der Waals surface area contributed by atoms with Gasteiger partial charge in [0.25, 0.3) is 0 Å². The number of amides is 1. The maximum atomic E-state index is 12.5. The number of nitrogens with zero attached hydrogens (tertiary/aromatic N) is 3. The van der Waals surface area contributed by atoms with Crippen molar-refractivity contribution in [2.45, 2.75) is 64.6 Å². The molecule has 4 nitrogen and oxygen atoms in total. The van der Waals surface area contributed by atoms with E-state index >= 15 is 0 Å². The molecule has 3 aliphatic rings. The molecule has 2 aliphatic heterocycles. The van der Waals surface area contributed by atoms with Crippen molar-refractivity contribution in [1.29, 1.82) is 0 Å². The topological polar surface area (TPSA) is 26.8 Å². The summed E-state index contributed by atoms with van der Waals surface area (Å²) < 4.78 is 0. The fourth-order valence-electron chi connectivity index (χ4n) is 4.12. The summed E-state index contributed by atoms with van der Waals surface area (Å²) in [7, 11) is 0. The van der Waals surface area contributed by atoms with E-state index in [-0.39, 0.29) is 0 Å². The van der Waals surface area contributed by atoms with E-state index in [2.05, 4.69) is 35.5 Å². The Kier molecular flexibility index (Phi) is 4.55. The highest BCUT2D eigenvalue weighted by Gasteiger charge is 2.39. The Morgan fingerprint density at radius 3 is 2.24 bits per heavy atom. The van der Waals surface area contributed by atoms with Crippen LogP contribution in [-0.2, 0) is 4.79 Å². The summed E-state index contributed by atoms with van der Waals surface area (Å²) in [5.74, 6) is 1.25. The summed E-state index contributed by atoms with van der Waals surface area (Å²) in [4.78, 5) is 19.6. The normalized spacial score (nSPS) is 33.5. The number of likely N-dealkylation sites (tertiary alicyclic amines) is 1. The van der Waals surface area contributed by atoms with Crippen molar-refractivity contribution in [3.63, 3.8) is 0 Å². The van der Waals surface area contributed by atoms with Gasteiger partial charge in [0.15, 0.2) is 0 Å². The second kappa shape index (κ2) is 6.25. The van der Waals surface area contributed by atoms with Crippen LogP contribution in [0.25, 0.3) is 0 Å². The maximum absolute atomic E-state index is 12.5. The van der Waals surface area contributed by atoms with Gasteiger partial charge in [-0.2, -0.15) is 0 Å². The van der Waals surface area contributed by atoms with Gasteiger partial charge in [-0.25, -0.2) is 0 Å². The minimum Gasteiger partial charge on any atom is -0.335 e. The molecule has 21 heavy (non-hydrogen) atoms. The summed E-state index contributed by atoms with van der Waals surface area (Å²) in [6.45, 7) is 11.7. The average Bonchev–Trinajstić information content (AvgIpc) is 2.39. The Morgan fingerprint density at radius 1 is 1.00 bits per heavy atom. The first-order valence-electron chi connectivity index (χ1n) is 8.82. The Labute approximate surface area is 129 Å². The molecule has 0 aromatic carbocycles. The van der Waals surface area contributed by atoms with Crippen LogP contribution in [0.15, 0.2) is 0 Å². The minimum atomic E-state index is 0.369. The standard InChI is InChI=1S/C17H31N3O/c1-13(2)19-10-16(11-19)20-9-8-18(12-17(20)21)15-6-4-14(3)5-7-15/h13-16H,4-12H2,1-3H3. The van der Waals surface area contributed by atoms with Gasteiger partial charge in [0, 0.05) is 38.3 Å². The maximum Gasteiger partial charge on any atom is 0.237 e. The Bertz CT molecular complexity index is 370. The van der Waals surface area contributed by atoms with Crippen LogP contribution in [0.5, 0.6) is 0 Å². The van der Waals surface area contributed by atoms with Crippen molar-refractivity contribution >= 4 is 5.91 Å². The van der Waals surface area contributed by atoms with Gasteiger partial charge in [0.1, 0.15) is 0 Å². The van der Waals surface area contributed by atoms with Gasteiger partial charge in [-0.3, -0.25) is 14.6 Å². The first-order valence-corrected chi connectivity index (χ1v) is 8.82. The van der Waals surface area contributed by atoms with Gasteiger partial charge in [-0.05, 0) is 45.4 Å². The molecule has 0 aromatic heterocycles. The average molecular weight is 293 g/mol. The van der Waals surface area contributed by atoms with E-state index in [4.69, 9.17) is 0 Å². The van der Waals surface area contributed by atoms with E-state index in [9.17, 15) is 4.79 Å². The molecule has 0 radical (unpaired) electrons. The molecule has 0 atom stereocenters. The third-order valence-electron chi connectivity index (χ3n) is 5.85. The van der Waals surface area contributed by atoms with Crippen molar-refractivity contribution in [1.82, 2.24) is 14.7 Å². The highest BCUT2D eigenvalue weighted by atomic mass is 16.2. The number of rotatable bonds is 3. The SMILES string of the molecule is CC1CCC(N2CCN(C3CN(C(C)C)C3)C(=O)C2)CC1. The Balaban J connectivity index is 1.48. The zero-order chi connectivity index (χ0) is 15.0. The molecule has 0 aromatic rings. The molecule has 0 bridgehead atoms. The second-order valence-electron chi connectivity index (χ2n) is 7.67. The first kappa shape index (κ1) is 15.3. The highest BCUT2D eigenvalue weighted by molar-refractivity contribution is 5.79. The zero-order valence-electron chi connectivity index (χ0n) is 13.9. The minimum absolute atomic E-state index is 0.369. The molecule has 120 valence electrons. The molecule has 2 saturated heterocycles. The summed E-state index contributed by atoms with van der Waals surface area (Å²) in [5, 5.41) is 0. The van der Waals surface area contributed by atoms with Crippen LogP contribution in [0.4, 0.5) is 0 Å². The number of hydrogen-bond acceptors (Lipinski definition) is 3. The zero-order valence-corrected chi connectivity index (χ0v) is 13.9. The molecule has 0 spiro atoms. The third kappa shape index (κ3) is 3.26. The van der Waals surface area contributed by atoms with E-state index in [0.29, 0.717) is 30.6 Å². The lowest BCUT2D eigenvalue weighted by molar-refractivity contribution is -0.145. The van der Waals surface area contributed by atoms with Gasteiger partial charge in [-0.1, -0.05) is 6.92 Å². The van der Waals surface area contributed by atoms with E-state index in [1.807, 2.05) is 0 Å². The molecule has 1 saturated carbocycles. The molecule has 3 fully saturated rings. The molecule has 3 rings (SSSR count). The molecule has 0 N–H and O–H groups in total. The third-order valence-corrected chi connectivity index (χ3v) is 5.85. The van der Waals surface area contributed by atoms with Crippen LogP contribution in [-0.4, -0.2) is 71.5 Å². The number of carbonyl (C=O) groups is 1. The van der Waals surface area contributed by atoms with Crippen LogP contribution >= 0.6 is 0 Å². The van der Waals surface area contributed by atoms with Crippen LogP contribution in [0.1, 0.15) is 46.5 Å². The predicted molar refractivity (Wildman–Crippen MR) is 85.2 cm³/mol. The van der Waals surface area contributed by atoms with Gasteiger partial charge in [-0.15, -0.1) is 0 Å². The fourth-order valence-corrected chi connectivity index (χ4v) is 4.12. The Morgan fingerprint density at radius 2 is 1.67 bits per heavy atom. The van der Waals surface area contributed by atoms with Gasteiger partial charge in [0.2, 0.25) is 5.91 Å². The quantitative estimate of drug-likeness (QED) is 0.794. The first-order chi connectivity index (χ1) is 10.0. The fraction of sp³-hybridized carbons (Fsp3) is 0.941. The van der Waals surface area contributed by atoms with Crippen LogP contribution in [0.2, 0.25) is 0 Å². The summed E-state index contributed by atoms with van der Waals surface area (Å²) in [6.07, 6.45) is 5.26. The number of piperazine rings is 1. The van der Waals surface area contributed by atoms with Crippen molar-refractivity contribution in [3.05, 3.63) is 0 Å². The lowest BCUT2D eigenvalue weighted by atomic mass is 9.86. The van der Waals surface area contributed by atoms with Crippen molar-refractivity contribution < 1.29 is 4.79 Å².